The summed E-state index contributed by atoms with van der Waals surface area (Å²) in [6.07, 6.45) is 9.29. The number of aliphatic hydroxyl groups is 1. The van der Waals surface area contributed by atoms with Crippen molar-refractivity contribution in [2.24, 2.45) is 5.92 Å². The smallest absolute Gasteiger partial charge is 0.276 e. The number of carbonyl (C=O) groups excluding carboxylic acids is 1. The number of carbonyl (C=O) groups is 1. The van der Waals surface area contributed by atoms with Crippen molar-refractivity contribution in [3.63, 3.8) is 0 Å². The molecule has 1 saturated carbocycles. The summed E-state index contributed by atoms with van der Waals surface area (Å²) < 4.78 is 5.68. The molecule has 9 heteroatoms. The lowest BCUT2D eigenvalue weighted by Crippen LogP contribution is -2.55. The molecule has 1 saturated heterocycles. The number of piperidine rings is 1. The zero-order valence-electron chi connectivity index (χ0n) is 18.7. The van der Waals surface area contributed by atoms with E-state index in [1.54, 1.807) is 0 Å². The number of halogens is 1. The minimum absolute atomic E-state index is 0.0807. The van der Waals surface area contributed by atoms with Crippen molar-refractivity contribution in [3.05, 3.63) is 32.8 Å². The highest BCUT2D eigenvalue weighted by Gasteiger charge is 2.33. The second-order valence-corrected chi connectivity index (χ2v) is 9.32. The van der Waals surface area contributed by atoms with E-state index >= 15 is 0 Å². The number of ether oxygens (including phenoxy) is 1. The lowest BCUT2D eigenvalue weighted by molar-refractivity contribution is -0.386. The van der Waals surface area contributed by atoms with Gasteiger partial charge >= 0.3 is 0 Å². The number of nitrogens with zero attached hydrogens (tertiary/aromatic N) is 2. The van der Waals surface area contributed by atoms with Crippen LogP contribution in [0.2, 0.25) is 5.02 Å². The van der Waals surface area contributed by atoms with Crippen LogP contribution in [0.3, 0.4) is 0 Å². The molecule has 1 aliphatic carbocycles. The molecule has 3 rings (SSSR count). The first-order chi connectivity index (χ1) is 15.4. The minimum atomic E-state index is -1.00. The largest absolute Gasteiger partial charge is 0.492 e. The number of hydrogen-bond donors (Lipinski definition) is 2. The molecule has 32 heavy (non-hydrogen) atoms. The fraction of sp³-hybridized carbons (Fsp3) is 0.696. The van der Waals surface area contributed by atoms with Crippen LogP contribution in [0.4, 0.5) is 5.69 Å². The predicted octanol–water partition coefficient (Wildman–Crippen LogP) is 4.93. The van der Waals surface area contributed by atoms with Gasteiger partial charge in [-0.1, -0.05) is 24.4 Å². The zero-order valence-corrected chi connectivity index (χ0v) is 19.5. The fourth-order valence-corrected chi connectivity index (χ4v) is 5.10. The van der Waals surface area contributed by atoms with Gasteiger partial charge in [0.05, 0.1) is 28.2 Å². The van der Waals surface area contributed by atoms with Gasteiger partial charge in [-0.2, -0.15) is 0 Å². The lowest BCUT2D eigenvalue weighted by atomic mass is 9.79. The molecule has 0 radical (unpaired) electrons. The number of unbranched alkanes of at least 4 members (excludes halogenated alkanes) is 2. The van der Waals surface area contributed by atoms with Crippen LogP contribution in [0.25, 0.3) is 0 Å². The van der Waals surface area contributed by atoms with Gasteiger partial charge in [0.15, 0.2) is 0 Å². The van der Waals surface area contributed by atoms with Gasteiger partial charge in [0, 0.05) is 25.1 Å². The van der Waals surface area contributed by atoms with Crippen molar-refractivity contribution < 1.29 is 19.6 Å². The molecule has 1 aromatic carbocycles. The van der Waals surface area contributed by atoms with Crippen LogP contribution in [0.5, 0.6) is 5.75 Å². The van der Waals surface area contributed by atoms with Crippen molar-refractivity contribution in [2.45, 2.75) is 83.3 Å². The molecular weight excluding hydrogens is 434 g/mol. The van der Waals surface area contributed by atoms with Crippen molar-refractivity contribution in [2.75, 3.05) is 13.2 Å². The normalized spacial score (nSPS) is 22.1. The fourth-order valence-electron chi connectivity index (χ4n) is 4.89. The Morgan fingerprint density at radius 1 is 1.28 bits per heavy atom. The standard InChI is InChI=1S/C23H34ClN3O5/c1-16(28)18-14-22(19(24)15-21(18)27(30)31)32-13-6-2-3-11-23(29)25-26-12-7-9-17-8-4-5-10-20(17)26/h14-17,20,28H,2-13H2,1H3,(H,25,29). The summed E-state index contributed by atoms with van der Waals surface area (Å²) in [6, 6.07) is 3.14. The van der Waals surface area contributed by atoms with E-state index in [1.165, 1.54) is 51.2 Å². The third-order valence-corrected chi connectivity index (χ3v) is 6.84. The van der Waals surface area contributed by atoms with Crippen LogP contribution in [0, 0.1) is 16.0 Å². The van der Waals surface area contributed by atoms with Crippen molar-refractivity contribution in [1.82, 2.24) is 10.4 Å². The van der Waals surface area contributed by atoms with E-state index in [1.807, 2.05) is 0 Å². The molecule has 8 nitrogen and oxygen atoms in total. The first-order valence-corrected chi connectivity index (χ1v) is 12.1. The van der Waals surface area contributed by atoms with E-state index in [2.05, 4.69) is 10.4 Å². The second-order valence-electron chi connectivity index (χ2n) is 8.92. The third-order valence-electron chi connectivity index (χ3n) is 6.55. The average Bonchev–Trinajstić information content (AvgIpc) is 2.76. The van der Waals surface area contributed by atoms with Crippen molar-refractivity contribution in [1.29, 1.82) is 0 Å². The quantitative estimate of drug-likeness (QED) is 0.287. The van der Waals surface area contributed by atoms with Gasteiger partial charge in [0.2, 0.25) is 5.91 Å². The highest BCUT2D eigenvalue weighted by molar-refractivity contribution is 6.32. The zero-order chi connectivity index (χ0) is 23.1. The van der Waals surface area contributed by atoms with Crippen molar-refractivity contribution in [3.8, 4) is 5.75 Å². The number of benzene rings is 1. The molecule has 0 aromatic heterocycles. The summed E-state index contributed by atoms with van der Waals surface area (Å²) in [5.74, 6) is 1.13. The summed E-state index contributed by atoms with van der Waals surface area (Å²) in [7, 11) is 0. The van der Waals surface area contributed by atoms with Gasteiger partial charge in [0.25, 0.3) is 5.69 Å². The number of hydrogen-bond acceptors (Lipinski definition) is 6. The molecule has 2 fully saturated rings. The lowest BCUT2D eigenvalue weighted by Gasteiger charge is -2.43. The topological polar surface area (TPSA) is 105 Å². The number of nitro groups is 1. The Kier molecular flexibility index (Phi) is 9.13. The molecule has 1 heterocycles. The highest BCUT2D eigenvalue weighted by atomic mass is 35.5. The molecule has 2 aliphatic rings. The monoisotopic (exact) mass is 467 g/mol. The molecule has 1 amide bonds. The summed E-state index contributed by atoms with van der Waals surface area (Å²) in [5.41, 5.74) is 3.09. The van der Waals surface area contributed by atoms with Gasteiger partial charge in [-0.3, -0.25) is 20.3 Å². The van der Waals surface area contributed by atoms with E-state index in [0.717, 1.165) is 38.1 Å². The summed E-state index contributed by atoms with van der Waals surface area (Å²) >= 11 is 6.10. The second kappa shape index (κ2) is 11.8. The summed E-state index contributed by atoms with van der Waals surface area (Å²) in [5, 5.41) is 23.3. The van der Waals surface area contributed by atoms with E-state index in [4.69, 9.17) is 16.3 Å². The molecular formula is C23H34ClN3O5. The molecule has 1 aliphatic heterocycles. The molecule has 1 aromatic rings. The predicted molar refractivity (Wildman–Crippen MR) is 123 cm³/mol. The Morgan fingerprint density at radius 3 is 2.78 bits per heavy atom. The van der Waals surface area contributed by atoms with Gasteiger partial charge in [-0.05, 0) is 63.9 Å². The maximum Gasteiger partial charge on any atom is 0.276 e. The van der Waals surface area contributed by atoms with Crippen LogP contribution in [0.15, 0.2) is 12.1 Å². The van der Waals surface area contributed by atoms with Gasteiger partial charge in [-0.25, -0.2) is 5.01 Å². The van der Waals surface area contributed by atoms with Crippen LogP contribution in [-0.4, -0.2) is 40.1 Å². The number of hydrazine groups is 1. The average molecular weight is 468 g/mol. The number of nitro benzene ring substituents is 1. The summed E-state index contributed by atoms with van der Waals surface area (Å²) in [4.78, 5) is 23.0. The number of fused-ring (bicyclic) bond motifs is 1. The van der Waals surface area contributed by atoms with Crippen LogP contribution >= 0.6 is 11.6 Å². The minimum Gasteiger partial charge on any atom is -0.492 e. The molecule has 3 unspecified atom stereocenters. The summed E-state index contributed by atoms with van der Waals surface area (Å²) in [6.45, 7) is 2.79. The number of nitrogens with one attached hydrogen (secondary N) is 1. The maximum atomic E-state index is 12.4. The first-order valence-electron chi connectivity index (χ1n) is 11.7. The maximum absolute atomic E-state index is 12.4. The van der Waals surface area contributed by atoms with Crippen molar-refractivity contribution >= 4 is 23.2 Å². The Bertz CT molecular complexity index is 802. The van der Waals surface area contributed by atoms with Gasteiger partial charge in [0.1, 0.15) is 5.75 Å². The number of aliphatic hydroxyl groups excluding tert-OH is 1. The Morgan fingerprint density at radius 2 is 2.03 bits per heavy atom. The van der Waals surface area contributed by atoms with E-state index < -0.39 is 11.0 Å². The molecule has 178 valence electrons. The molecule has 3 atom stereocenters. The van der Waals surface area contributed by atoms with Crippen LogP contribution in [-0.2, 0) is 4.79 Å². The third kappa shape index (κ3) is 6.56. The number of amides is 1. The molecule has 2 N–H and O–H groups in total. The van der Waals surface area contributed by atoms with E-state index in [9.17, 15) is 20.0 Å². The number of rotatable bonds is 10. The Labute approximate surface area is 194 Å². The van der Waals surface area contributed by atoms with Crippen LogP contribution in [0.1, 0.15) is 82.8 Å². The first kappa shape index (κ1) is 24.7. The van der Waals surface area contributed by atoms with E-state index in [0.29, 0.717) is 24.8 Å². The molecule has 0 spiro atoms. The SMILES string of the molecule is CC(O)c1cc(OCCCCCC(=O)NN2CCCC3CCCCC32)c(Cl)cc1[N+](=O)[O-]. The van der Waals surface area contributed by atoms with Gasteiger partial charge < -0.3 is 9.84 Å². The van der Waals surface area contributed by atoms with Gasteiger partial charge in [-0.15, -0.1) is 0 Å². The Balaban J connectivity index is 1.37. The van der Waals surface area contributed by atoms with Crippen LogP contribution < -0.4 is 10.2 Å². The Hall–Kier alpha value is -1.90. The van der Waals surface area contributed by atoms with E-state index in [-0.39, 0.29) is 22.2 Å². The molecule has 0 bridgehead atoms. The highest BCUT2D eigenvalue weighted by Crippen LogP contribution is 2.36.